The number of hydrogen-bond acceptors (Lipinski definition) is 2. The number of carbonyl (C=O) groups excluding carboxylic acids is 1. The van der Waals surface area contributed by atoms with Gasteiger partial charge in [-0.05, 0) is 6.42 Å². The van der Waals surface area contributed by atoms with E-state index in [0.29, 0.717) is 6.61 Å². The molecule has 0 unspecified atom stereocenters. The minimum absolute atomic E-state index is 0.318. The predicted molar refractivity (Wildman–Crippen MR) is 58.8 cm³/mol. The average Bonchev–Trinajstić information content (AvgIpc) is 2.21. The predicted octanol–water partition coefficient (Wildman–Crippen LogP) is 3.28. The minimum Gasteiger partial charge on any atom is -0.463 e. The average molecular weight is 197 g/mol. The molecule has 0 aliphatic heterocycles. The van der Waals surface area contributed by atoms with E-state index >= 15 is 0 Å². The maximum Gasteiger partial charge on any atom is 0.330 e. The molecule has 0 N–H and O–H groups in total. The van der Waals surface area contributed by atoms with Gasteiger partial charge in [0.2, 0.25) is 0 Å². The number of carbonyl (C=O) groups is 1. The summed E-state index contributed by atoms with van der Waals surface area (Å²) in [5.41, 5.74) is 0. The molecule has 0 aromatic carbocycles. The highest BCUT2D eigenvalue weighted by molar-refractivity contribution is 5.81. The fourth-order valence-electron chi connectivity index (χ4n) is 1.22. The summed E-state index contributed by atoms with van der Waals surface area (Å²) < 4.78 is 4.85. The van der Waals surface area contributed by atoms with Crippen molar-refractivity contribution in [3.8, 4) is 0 Å². The molecule has 0 aromatic heterocycles. The van der Waals surface area contributed by atoms with Crippen molar-refractivity contribution in [3.05, 3.63) is 19.6 Å². The second kappa shape index (κ2) is 10.3. The maximum atomic E-state index is 10.6. The van der Waals surface area contributed by atoms with Gasteiger partial charge in [0.25, 0.3) is 0 Å². The van der Waals surface area contributed by atoms with Crippen molar-refractivity contribution in [2.75, 3.05) is 6.61 Å². The Balaban J connectivity index is 2.99. The Morgan fingerprint density at radius 3 is 2.21 bits per heavy atom. The zero-order valence-electron chi connectivity index (χ0n) is 8.96. The van der Waals surface area contributed by atoms with Crippen molar-refractivity contribution in [2.45, 2.75) is 44.9 Å². The highest BCUT2D eigenvalue weighted by atomic mass is 16.5. The van der Waals surface area contributed by atoms with Crippen molar-refractivity contribution in [1.29, 1.82) is 0 Å². The van der Waals surface area contributed by atoms with Crippen LogP contribution < -0.4 is 0 Å². The van der Waals surface area contributed by atoms with Crippen LogP contribution in [0.4, 0.5) is 0 Å². The van der Waals surface area contributed by atoms with Crippen LogP contribution in [0, 0.1) is 6.92 Å². The fourth-order valence-corrected chi connectivity index (χ4v) is 1.22. The zero-order valence-corrected chi connectivity index (χ0v) is 8.96. The van der Waals surface area contributed by atoms with Crippen molar-refractivity contribution in [2.24, 2.45) is 0 Å². The van der Waals surface area contributed by atoms with E-state index in [1.54, 1.807) is 0 Å². The molecule has 0 spiro atoms. The topological polar surface area (TPSA) is 26.3 Å². The van der Waals surface area contributed by atoms with E-state index in [4.69, 9.17) is 4.74 Å². The molecule has 0 aromatic rings. The lowest BCUT2D eigenvalue weighted by atomic mass is 10.1. The molecule has 0 saturated carbocycles. The molecule has 0 aliphatic carbocycles. The molecule has 1 radical (unpaired) electrons. The van der Waals surface area contributed by atoms with Gasteiger partial charge < -0.3 is 4.74 Å². The second-order valence-electron chi connectivity index (χ2n) is 3.35. The van der Waals surface area contributed by atoms with Gasteiger partial charge in [-0.1, -0.05) is 52.0 Å². The summed E-state index contributed by atoms with van der Waals surface area (Å²) >= 11 is 0. The molecule has 2 heteroatoms. The van der Waals surface area contributed by atoms with Crippen molar-refractivity contribution in [3.63, 3.8) is 0 Å². The lowest BCUT2D eigenvalue weighted by Crippen LogP contribution is -2.01. The number of unbranched alkanes of at least 4 members (excludes halogenated alkanes) is 6. The van der Waals surface area contributed by atoms with Crippen LogP contribution in [0.2, 0.25) is 0 Å². The third-order valence-electron chi connectivity index (χ3n) is 2.06. The Bertz CT molecular complexity index is 152. The lowest BCUT2D eigenvalue weighted by molar-refractivity contribution is -0.137. The van der Waals surface area contributed by atoms with E-state index in [2.05, 4.69) is 13.5 Å². The van der Waals surface area contributed by atoms with Crippen molar-refractivity contribution >= 4 is 5.97 Å². The molecule has 0 bridgehead atoms. The van der Waals surface area contributed by atoms with Gasteiger partial charge in [0.1, 0.15) is 0 Å². The van der Waals surface area contributed by atoms with Gasteiger partial charge in [-0.15, -0.1) is 0 Å². The normalized spacial score (nSPS) is 9.79. The second-order valence-corrected chi connectivity index (χ2v) is 3.35. The smallest absolute Gasteiger partial charge is 0.330 e. The van der Waals surface area contributed by atoms with Gasteiger partial charge in [0, 0.05) is 6.08 Å². The van der Waals surface area contributed by atoms with Gasteiger partial charge in [-0.2, -0.15) is 0 Å². The Morgan fingerprint density at radius 2 is 1.64 bits per heavy atom. The first-order chi connectivity index (χ1) is 6.81. The largest absolute Gasteiger partial charge is 0.463 e. The van der Waals surface area contributed by atoms with Crippen LogP contribution in [0.3, 0.4) is 0 Å². The molecule has 81 valence electrons. The summed E-state index contributed by atoms with van der Waals surface area (Å²) in [5.74, 6) is -0.318. The summed E-state index contributed by atoms with van der Waals surface area (Å²) in [5, 5.41) is 0. The van der Waals surface area contributed by atoms with E-state index in [1.165, 1.54) is 31.8 Å². The van der Waals surface area contributed by atoms with Crippen LogP contribution in [0.15, 0.2) is 12.7 Å². The van der Waals surface area contributed by atoms with Crippen LogP contribution in [-0.4, -0.2) is 12.6 Å². The van der Waals surface area contributed by atoms with Crippen LogP contribution in [0.5, 0.6) is 0 Å². The van der Waals surface area contributed by atoms with Gasteiger partial charge in [-0.25, -0.2) is 4.79 Å². The van der Waals surface area contributed by atoms with Crippen molar-refractivity contribution in [1.82, 2.24) is 0 Å². The van der Waals surface area contributed by atoms with E-state index in [-0.39, 0.29) is 5.97 Å². The van der Waals surface area contributed by atoms with Crippen LogP contribution in [0.25, 0.3) is 0 Å². The summed E-state index contributed by atoms with van der Waals surface area (Å²) in [6.07, 6.45) is 9.34. The maximum absolute atomic E-state index is 10.6. The quantitative estimate of drug-likeness (QED) is 0.322. The number of ether oxygens (including phenoxy) is 1. The van der Waals surface area contributed by atoms with Gasteiger partial charge in [0.05, 0.1) is 6.61 Å². The summed E-state index contributed by atoms with van der Waals surface area (Å²) in [4.78, 5) is 10.6. The number of esters is 1. The van der Waals surface area contributed by atoms with Gasteiger partial charge in [-0.3, -0.25) is 0 Å². The SMILES string of the molecule is [CH2]CCCCCCCCOC(=O)C=C. The number of hydrogen-bond donors (Lipinski definition) is 0. The summed E-state index contributed by atoms with van der Waals surface area (Å²) in [6.45, 7) is 7.65. The lowest BCUT2D eigenvalue weighted by Gasteiger charge is -2.01. The van der Waals surface area contributed by atoms with Gasteiger partial charge in [0.15, 0.2) is 0 Å². The molecule has 0 heterocycles. The molecule has 0 amide bonds. The first-order valence-corrected chi connectivity index (χ1v) is 5.39. The van der Waals surface area contributed by atoms with E-state index in [9.17, 15) is 4.79 Å². The molecular weight excluding hydrogens is 176 g/mol. The monoisotopic (exact) mass is 197 g/mol. The highest BCUT2D eigenvalue weighted by Gasteiger charge is 1.94. The van der Waals surface area contributed by atoms with Crippen LogP contribution in [0.1, 0.15) is 44.9 Å². The first-order valence-electron chi connectivity index (χ1n) is 5.39. The van der Waals surface area contributed by atoms with E-state index < -0.39 is 0 Å². The molecular formula is C12H21O2. The van der Waals surface area contributed by atoms with Crippen LogP contribution in [-0.2, 0) is 9.53 Å². The van der Waals surface area contributed by atoms with Gasteiger partial charge >= 0.3 is 5.97 Å². The molecule has 0 atom stereocenters. The number of rotatable bonds is 9. The third kappa shape index (κ3) is 9.30. The molecule has 2 nitrogen and oxygen atoms in total. The Morgan fingerprint density at radius 1 is 1.07 bits per heavy atom. The Labute approximate surface area is 87.3 Å². The molecule has 0 aliphatic rings. The Kier molecular flexibility index (Phi) is 9.71. The third-order valence-corrected chi connectivity index (χ3v) is 2.06. The molecule has 0 rings (SSSR count). The molecule has 14 heavy (non-hydrogen) atoms. The standard InChI is InChI=1S/C12H21O2/c1-3-5-6-7-8-9-10-11-14-12(13)4-2/h4H,1-3,5-11H2. The van der Waals surface area contributed by atoms with E-state index in [1.807, 2.05) is 0 Å². The summed E-state index contributed by atoms with van der Waals surface area (Å²) in [7, 11) is 0. The fraction of sp³-hybridized carbons (Fsp3) is 0.667. The first kappa shape index (κ1) is 13.2. The Hall–Kier alpha value is -0.790. The zero-order chi connectivity index (χ0) is 10.6. The van der Waals surface area contributed by atoms with E-state index in [0.717, 1.165) is 19.3 Å². The highest BCUT2D eigenvalue weighted by Crippen LogP contribution is 2.06. The minimum atomic E-state index is -0.318. The molecule has 0 saturated heterocycles. The van der Waals surface area contributed by atoms with Crippen LogP contribution >= 0.6 is 0 Å². The molecule has 0 fully saturated rings. The van der Waals surface area contributed by atoms with Crippen molar-refractivity contribution < 1.29 is 9.53 Å². The summed E-state index contributed by atoms with van der Waals surface area (Å²) in [6, 6.07) is 0.